The average molecular weight is 362 g/mol. The van der Waals surface area contributed by atoms with Crippen LogP contribution < -0.4 is 14.8 Å². The van der Waals surface area contributed by atoms with Gasteiger partial charge in [0.25, 0.3) is 0 Å². The smallest absolute Gasteiger partial charge is 0.230 e. The molecule has 2 N–H and O–H groups in total. The van der Waals surface area contributed by atoms with E-state index < -0.39 is 0 Å². The number of hydrogen-bond donors (Lipinski definition) is 2. The predicted molar refractivity (Wildman–Crippen MR) is 94.9 cm³/mol. The molecule has 1 aliphatic rings. The first-order valence-corrected chi connectivity index (χ1v) is 9.29. The highest BCUT2D eigenvalue weighted by Gasteiger charge is 2.21. The molecule has 0 radical (unpaired) electrons. The van der Waals surface area contributed by atoms with Crippen molar-refractivity contribution in [3.8, 4) is 11.5 Å². The Morgan fingerprint density at radius 3 is 2.84 bits per heavy atom. The molecule has 3 rings (SSSR count). The third-order valence-electron chi connectivity index (χ3n) is 3.85. The van der Waals surface area contributed by atoms with Crippen LogP contribution in [0.5, 0.6) is 11.5 Å². The topological polar surface area (TPSA) is 89.1 Å². The maximum atomic E-state index is 12.3. The Kier molecular flexibility index (Phi) is 5.80. The summed E-state index contributed by atoms with van der Waals surface area (Å²) in [5, 5.41) is 10.2. The summed E-state index contributed by atoms with van der Waals surface area (Å²) in [5.74, 6) is 1.97. The van der Waals surface area contributed by atoms with Crippen molar-refractivity contribution in [2.45, 2.75) is 31.5 Å². The minimum absolute atomic E-state index is 0.0489. The second-order valence-corrected chi connectivity index (χ2v) is 7.09. The SMILES string of the molecule is CC(C)[C@@H](NC(=O)CSc1ncn[nH]1)c1ccc2c(c1)OCCCO2. The van der Waals surface area contributed by atoms with Crippen molar-refractivity contribution in [2.24, 2.45) is 5.92 Å². The van der Waals surface area contributed by atoms with Crippen LogP contribution in [0.2, 0.25) is 0 Å². The molecule has 1 aromatic heterocycles. The molecule has 25 heavy (non-hydrogen) atoms. The van der Waals surface area contributed by atoms with Gasteiger partial charge in [0.15, 0.2) is 16.7 Å². The number of carbonyl (C=O) groups excluding carboxylic acids is 1. The molecule has 7 nitrogen and oxygen atoms in total. The van der Waals surface area contributed by atoms with Crippen molar-refractivity contribution in [3.63, 3.8) is 0 Å². The molecular weight excluding hydrogens is 340 g/mol. The van der Waals surface area contributed by atoms with E-state index in [-0.39, 0.29) is 23.6 Å². The van der Waals surface area contributed by atoms with Crippen molar-refractivity contribution < 1.29 is 14.3 Å². The van der Waals surface area contributed by atoms with Crippen LogP contribution in [0.3, 0.4) is 0 Å². The van der Waals surface area contributed by atoms with E-state index in [9.17, 15) is 4.79 Å². The van der Waals surface area contributed by atoms with Gasteiger partial charge in [-0.3, -0.25) is 9.89 Å². The number of nitrogens with one attached hydrogen (secondary N) is 2. The molecule has 0 unspecified atom stereocenters. The Morgan fingerprint density at radius 2 is 2.12 bits per heavy atom. The van der Waals surface area contributed by atoms with Gasteiger partial charge in [0.05, 0.1) is 25.0 Å². The molecule has 1 aromatic carbocycles. The first kappa shape index (κ1) is 17.6. The number of fused-ring (bicyclic) bond motifs is 1. The van der Waals surface area contributed by atoms with Gasteiger partial charge >= 0.3 is 0 Å². The monoisotopic (exact) mass is 362 g/mol. The van der Waals surface area contributed by atoms with E-state index in [0.29, 0.717) is 18.4 Å². The Morgan fingerprint density at radius 1 is 1.32 bits per heavy atom. The lowest BCUT2D eigenvalue weighted by Crippen LogP contribution is -2.33. The first-order valence-electron chi connectivity index (χ1n) is 8.30. The minimum atomic E-state index is -0.0972. The molecule has 1 atom stereocenters. The number of H-pyrrole nitrogens is 1. The van der Waals surface area contributed by atoms with Crippen LogP contribution in [0.25, 0.3) is 0 Å². The van der Waals surface area contributed by atoms with Crippen LogP contribution in [0.1, 0.15) is 31.9 Å². The molecule has 134 valence electrons. The molecule has 0 saturated carbocycles. The second-order valence-electron chi connectivity index (χ2n) is 6.13. The van der Waals surface area contributed by atoms with Crippen molar-refractivity contribution in [1.29, 1.82) is 0 Å². The van der Waals surface area contributed by atoms with E-state index in [1.807, 2.05) is 18.2 Å². The summed E-state index contributed by atoms with van der Waals surface area (Å²) in [7, 11) is 0. The Hall–Kier alpha value is -2.22. The molecular formula is C17H22N4O3S. The molecule has 0 bridgehead atoms. The zero-order chi connectivity index (χ0) is 17.6. The highest BCUT2D eigenvalue weighted by atomic mass is 32.2. The summed E-state index contributed by atoms with van der Waals surface area (Å²) in [5.41, 5.74) is 1.01. The normalized spacial score (nSPS) is 14.8. The molecule has 2 aromatic rings. The van der Waals surface area contributed by atoms with Crippen LogP contribution in [-0.4, -0.2) is 40.1 Å². The van der Waals surface area contributed by atoms with E-state index >= 15 is 0 Å². The number of aromatic nitrogens is 3. The lowest BCUT2D eigenvalue weighted by Gasteiger charge is -2.23. The minimum Gasteiger partial charge on any atom is -0.490 e. The molecule has 0 saturated heterocycles. The number of hydrogen-bond acceptors (Lipinski definition) is 6. The van der Waals surface area contributed by atoms with Crippen molar-refractivity contribution in [3.05, 3.63) is 30.1 Å². The van der Waals surface area contributed by atoms with E-state index in [0.717, 1.165) is 23.5 Å². The Bertz CT molecular complexity index is 706. The van der Waals surface area contributed by atoms with Gasteiger partial charge in [0.2, 0.25) is 5.91 Å². The number of ether oxygens (including phenoxy) is 2. The van der Waals surface area contributed by atoms with Gasteiger partial charge in [-0.25, -0.2) is 4.98 Å². The number of benzene rings is 1. The number of nitrogens with zero attached hydrogens (tertiary/aromatic N) is 2. The van der Waals surface area contributed by atoms with E-state index in [1.54, 1.807) is 0 Å². The fourth-order valence-corrected chi connectivity index (χ4v) is 3.21. The largest absolute Gasteiger partial charge is 0.490 e. The van der Waals surface area contributed by atoms with Crippen LogP contribution in [0.15, 0.2) is 29.7 Å². The highest BCUT2D eigenvalue weighted by molar-refractivity contribution is 7.99. The fourth-order valence-electron chi connectivity index (χ4n) is 2.62. The number of amides is 1. The van der Waals surface area contributed by atoms with E-state index in [1.165, 1.54) is 18.1 Å². The summed E-state index contributed by atoms with van der Waals surface area (Å²) in [6.07, 6.45) is 2.29. The third kappa shape index (κ3) is 4.66. The zero-order valence-electron chi connectivity index (χ0n) is 14.3. The zero-order valence-corrected chi connectivity index (χ0v) is 15.1. The van der Waals surface area contributed by atoms with E-state index in [4.69, 9.17) is 9.47 Å². The predicted octanol–water partition coefficient (Wildman–Crippen LogP) is 2.57. The standard InChI is InChI=1S/C17H22N4O3S/c1-11(2)16(20-15(22)9-25-17-18-10-19-21-17)12-4-5-13-14(8-12)24-7-3-6-23-13/h4-5,8,10-11,16H,3,6-7,9H2,1-2H3,(H,20,22)(H,18,19,21)/t16-/m1/s1. The van der Waals surface area contributed by atoms with Gasteiger partial charge in [-0.15, -0.1) is 0 Å². The lowest BCUT2D eigenvalue weighted by atomic mass is 9.95. The van der Waals surface area contributed by atoms with E-state index in [2.05, 4.69) is 34.3 Å². The van der Waals surface area contributed by atoms with Crippen LogP contribution >= 0.6 is 11.8 Å². The van der Waals surface area contributed by atoms with Crippen LogP contribution in [0.4, 0.5) is 0 Å². The lowest BCUT2D eigenvalue weighted by molar-refractivity contribution is -0.119. The molecule has 8 heteroatoms. The highest BCUT2D eigenvalue weighted by Crippen LogP contribution is 2.34. The Labute approximate surface area is 150 Å². The van der Waals surface area contributed by atoms with Crippen molar-refractivity contribution in [2.75, 3.05) is 19.0 Å². The molecule has 0 fully saturated rings. The first-order chi connectivity index (χ1) is 12.1. The summed E-state index contributed by atoms with van der Waals surface area (Å²) in [6, 6.07) is 5.78. The van der Waals surface area contributed by atoms with Crippen LogP contribution in [0, 0.1) is 5.92 Å². The summed E-state index contributed by atoms with van der Waals surface area (Å²) in [4.78, 5) is 16.3. The fraction of sp³-hybridized carbons (Fsp3) is 0.471. The molecule has 1 amide bonds. The van der Waals surface area contributed by atoms with Gasteiger partial charge in [-0.05, 0) is 23.6 Å². The van der Waals surface area contributed by atoms with Crippen LogP contribution in [-0.2, 0) is 4.79 Å². The van der Waals surface area contributed by atoms with Gasteiger partial charge in [-0.2, -0.15) is 5.10 Å². The maximum absolute atomic E-state index is 12.3. The molecule has 0 aliphatic carbocycles. The van der Waals surface area contributed by atoms with Crippen molar-refractivity contribution >= 4 is 17.7 Å². The molecule has 2 heterocycles. The summed E-state index contributed by atoms with van der Waals surface area (Å²) in [6.45, 7) is 5.47. The van der Waals surface area contributed by atoms with Gasteiger partial charge in [-0.1, -0.05) is 31.7 Å². The van der Waals surface area contributed by atoms with Gasteiger partial charge < -0.3 is 14.8 Å². The average Bonchev–Trinajstić information content (AvgIpc) is 3.01. The summed E-state index contributed by atoms with van der Waals surface area (Å²) < 4.78 is 11.4. The number of thioether (sulfide) groups is 1. The second kappa shape index (κ2) is 8.24. The third-order valence-corrected chi connectivity index (χ3v) is 4.72. The van der Waals surface area contributed by atoms with Gasteiger partial charge in [0.1, 0.15) is 6.33 Å². The number of rotatable bonds is 6. The van der Waals surface area contributed by atoms with Crippen molar-refractivity contribution in [1.82, 2.24) is 20.5 Å². The Balaban J connectivity index is 1.68. The quantitative estimate of drug-likeness (QED) is 0.768. The number of carbonyl (C=O) groups is 1. The number of aromatic amines is 1. The molecule has 1 aliphatic heterocycles. The summed E-state index contributed by atoms with van der Waals surface area (Å²) >= 11 is 1.32. The maximum Gasteiger partial charge on any atom is 0.230 e. The molecule has 0 spiro atoms. The van der Waals surface area contributed by atoms with Gasteiger partial charge in [0, 0.05) is 6.42 Å².